The molecule has 11 heteroatoms. The van der Waals surface area contributed by atoms with Crippen LogP contribution in [0.25, 0.3) is 0 Å². The summed E-state index contributed by atoms with van der Waals surface area (Å²) in [4.78, 5) is 22.9. The monoisotopic (exact) mass is 402 g/mol. The third-order valence-corrected chi connectivity index (χ3v) is 5.78. The van der Waals surface area contributed by atoms with Crippen molar-refractivity contribution in [3.63, 3.8) is 0 Å². The van der Waals surface area contributed by atoms with Gasteiger partial charge in [-0.05, 0) is 36.4 Å². The predicted octanol–water partition coefficient (Wildman–Crippen LogP) is 0.650. The van der Waals surface area contributed by atoms with E-state index >= 15 is 0 Å². The number of carbonyl (C=O) groups is 2. The van der Waals surface area contributed by atoms with Gasteiger partial charge in [-0.3, -0.25) is 9.59 Å². The van der Waals surface area contributed by atoms with E-state index in [2.05, 4.69) is 0 Å². The summed E-state index contributed by atoms with van der Waals surface area (Å²) < 4.78 is 50.8. The number of nitrogens with one attached hydrogen (secondary N) is 2. The van der Waals surface area contributed by atoms with Crippen LogP contribution in [0.5, 0.6) is 0 Å². The van der Waals surface area contributed by atoms with Crippen LogP contribution >= 0.6 is 11.6 Å². The van der Waals surface area contributed by atoms with Crippen LogP contribution in [0.1, 0.15) is 0 Å². The van der Waals surface area contributed by atoms with Crippen molar-refractivity contribution in [1.29, 1.82) is 0 Å². The maximum atomic E-state index is 12.0. The number of hydrogen-bond acceptors (Lipinski definition) is 6. The second kappa shape index (κ2) is 7.21. The van der Waals surface area contributed by atoms with E-state index in [0.717, 1.165) is 12.1 Å². The molecule has 2 amide bonds. The molecule has 8 nitrogen and oxygen atoms in total. The van der Waals surface area contributed by atoms with Gasteiger partial charge in [0.15, 0.2) is 0 Å². The lowest BCUT2D eigenvalue weighted by molar-refractivity contribution is -0.137. The highest BCUT2D eigenvalue weighted by Crippen LogP contribution is 2.13. The first-order valence-corrected chi connectivity index (χ1v) is 9.91. The molecule has 0 aromatic heterocycles. The normalized spacial score (nSPS) is 11.6. The smallest absolute Gasteiger partial charge is 0.262 e. The number of amides is 2. The molecule has 0 aliphatic carbocycles. The first-order valence-electron chi connectivity index (χ1n) is 6.56. The zero-order chi connectivity index (χ0) is 18.7. The SMILES string of the molecule is O=C(NS(=O)(=O)c1ccccc1)C(=O)NS(=O)(=O)c1ccc(Cl)cc1. The zero-order valence-electron chi connectivity index (χ0n) is 12.3. The molecule has 0 fully saturated rings. The van der Waals surface area contributed by atoms with Crippen LogP contribution in [-0.2, 0) is 29.6 Å². The summed E-state index contributed by atoms with van der Waals surface area (Å²) in [6, 6.07) is 11.6. The van der Waals surface area contributed by atoms with E-state index in [-0.39, 0.29) is 14.8 Å². The van der Waals surface area contributed by atoms with Gasteiger partial charge in [-0.15, -0.1) is 0 Å². The Morgan fingerprint density at radius 3 is 1.52 bits per heavy atom. The van der Waals surface area contributed by atoms with Crippen molar-refractivity contribution in [2.75, 3.05) is 0 Å². The third kappa shape index (κ3) is 4.78. The minimum Gasteiger partial charge on any atom is -0.262 e. The molecule has 2 N–H and O–H groups in total. The highest BCUT2D eigenvalue weighted by Gasteiger charge is 2.26. The van der Waals surface area contributed by atoms with Crippen LogP contribution in [0.4, 0.5) is 0 Å². The van der Waals surface area contributed by atoms with Crippen LogP contribution in [0.3, 0.4) is 0 Å². The number of halogens is 1. The summed E-state index contributed by atoms with van der Waals surface area (Å²) in [5.74, 6) is -3.28. The van der Waals surface area contributed by atoms with Crippen LogP contribution in [0.2, 0.25) is 5.02 Å². The van der Waals surface area contributed by atoms with Crippen molar-refractivity contribution in [2.24, 2.45) is 0 Å². The highest BCUT2D eigenvalue weighted by molar-refractivity contribution is 7.91. The molecule has 0 radical (unpaired) electrons. The molecule has 0 aliphatic heterocycles. The quantitative estimate of drug-likeness (QED) is 0.723. The Hall–Kier alpha value is -2.43. The van der Waals surface area contributed by atoms with Crippen molar-refractivity contribution in [1.82, 2.24) is 9.44 Å². The molecule has 0 unspecified atom stereocenters. The number of benzene rings is 2. The lowest BCUT2D eigenvalue weighted by atomic mass is 10.4. The van der Waals surface area contributed by atoms with E-state index in [1.807, 2.05) is 0 Å². The van der Waals surface area contributed by atoms with Crippen molar-refractivity contribution in [2.45, 2.75) is 9.79 Å². The van der Waals surface area contributed by atoms with Crippen LogP contribution < -0.4 is 9.44 Å². The Balaban J connectivity index is 2.13. The second-order valence-corrected chi connectivity index (χ2v) is 8.44. The molecular weight excluding hydrogens is 392 g/mol. The number of hydrogen-bond donors (Lipinski definition) is 2. The average Bonchev–Trinajstić information content (AvgIpc) is 2.55. The summed E-state index contributed by atoms with van der Waals surface area (Å²) >= 11 is 5.64. The van der Waals surface area contributed by atoms with Crippen molar-refractivity contribution in [3.05, 3.63) is 59.6 Å². The Labute approximate surface area is 148 Å². The molecule has 25 heavy (non-hydrogen) atoms. The Morgan fingerprint density at radius 1 is 0.680 bits per heavy atom. The van der Waals surface area contributed by atoms with Gasteiger partial charge >= 0.3 is 11.8 Å². The van der Waals surface area contributed by atoms with Gasteiger partial charge in [-0.1, -0.05) is 29.8 Å². The topological polar surface area (TPSA) is 126 Å². The molecule has 132 valence electrons. The van der Waals surface area contributed by atoms with E-state index in [1.54, 1.807) is 6.07 Å². The van der Waals surface area contributed by atoms with Gasteiger partial charge in [-0.25, -0.2) is 26.3 Å². The summed E-state index contributed by atoms with van der Waals surface area (Å²) in [5.41, 5.74) is 0. The van der Waals surface area contributed by atoms with Gasteiger partial charge in [0, 0.05) is 5.02 Å². The Kier molecular flexibility index (Phi) is 5.45. The van der Waals surface area contributed by atoms with Crippen molar-refractivity contribution in [3.8, 4) is 0 Å². The highest BCUT2D eigenvalue weighted by atomic mass is 35.5. The molecule has 0 heterocycles. The van der Waals surface area contributed by atoms with Crippen LogP contribution in [-0.4, -0.2) is 28.6 Å². The third-order valence-electron chi connectivity index (χ3n) is 2.84. The largest absolute Gasteiger partial charge is 0.324 e. The van der Waals surface area contributed by atoms with Crippen molar-refractivity contribution >= 4 is 43.5 Å². The fraction of sp³-hybridized carbons (Fsp3) is 0. The molecule has 0 bridgehead atoms. The van der Waals surface area contributed by atoms with Crippen LogP contribution in [0.15, 0.2) is 64.4 Å². The van der Waals surface area contributed by atoms with Gasteiger partial charge in [0.25, 0.3) is 20.0 Å². The molecule has 2 aromatic carbocycles. The summed E-state index contributed by atoms with van der Waals surface area (Å²) in [6.45, 7) is 0. The molecule has 0 spiro atoms. The lowest BCUT2D eigenvalue weighted by Crippen LogP contribution is -2.44. The molecule has 0 aliphatic rings. The Bertz CT molecular complexity index is 1000. The number of sulfonamides is 2. The summed E-state index contributed by atoms with van der Waals surface area (Å²) in [7, 11) is -8.66. The van der Waals surface area contributed by atoms with Crippen LogP contribution in [0, 0.1) is 0 Å². The molecule has 0 atom stereocenters. The number of rotatable bonds is 4. The molecule has 0 saturated heterocycles. The maximum Gasteiger partial charge on any atom is 0.324 e. The second-order valence-electron chi connectivity index (χ2n) is 4.64. The zero-order valence-corrected chi connectivity index (χ0v) is 14.7. The fourth-order valence-corrected chi connectivity index (χ4v) is 3.71. The van der Waals surface area contributed by atoms with E-state index < -0.39 is 31.9 Å². The Morgan fingerprint density at radius 2 is 1.08 bits per heavy atom. The summed E-state index contributed by atoms with van der Waals surface area (Å²) in [5, 5.41) is 0.275. The minimum atomic E-state index is -4.36. The van der Waals surface area contributed by atoms with Crippen molar-refractivity contribution < 1.29 is 26.4 Å². The van der Waals surface area contributed by atoms with E-state index in [9.17, 15) is 26.4 Å². The molecule has 2 rings (SSSR count). The van der Waals surface area contributed by atoms with Gasteiger partial charge in [-0.2, -0.15) is 0 Å². The standard InChI is InChI=1S/C14H11ClN2O6S2/c15-10-6-8-12(9-7-10)25(22,23)17-14(19)13(18)16-24(20,21)11-4-2-1-3-5-11/h1-9H,(H,16,18)(H,17,19). The maximum absolute atomic E-state index is 12.0. The van der Waals surface area contributed by atoms with Gasteiger partial charge in [0.05, 0.1) is 9.79 Å². The minimum absolute atomic E-state index is 0.253. The molecule has 0 saturated carbocycles. The first kappa shape index (κ1) is 18.9. The molecule has 2 aromatic rings. The van der Waals surface area contributed by atoms with E-state index in [4.69, 9.17) is 11.6 Å². The first-order chi connectivity index (χ1) is 11.6. The van der Waals surface area contributed by atoms with E-state index in [1.165, 1.54) is 45.8 Å². The van der Waals surface area contributed by atoms with Gasteiger partial charge < -0.3 is 0 Å². The summed E-state index contributed by atoms with van der Waals surface area (Å²) in [6.07, 6.45) is 0. The lowest BCUT2D eigenvalue weighted by Gasteiger charge is -2.08. The van der Waals surface area contributed by atoms with Gasteiger partial charge in [0.2, 0.25) is 0 Å². The predicted molar refractivity (Wildman–Crippen MR) is 88.6 cm³/mol. The molecular formula is C14H11ClN2O6S2. The van der Waals surface area contributed by atoms with E-state index in [0.29, 0.717) is 0 Å². The number of carbonyl (C=O) groups excluding carboxylic acids is 2. The fourth-order valence-electron chi connectivity index (χ4n) is 1.67. The van der Waals surface area contributed by atoms with Gasteiger partial charge in [0.1, 0.15) is 0 Å². The average molecular weight is 403 g/mol.